The molecular formula is C26H32N2O3. The monoisotopic (exact) mass is 420 g/mol. The van der Waals surface area contributed by atoms with E-state index in [2.05, 4.69) is 19.2 Å². The van der Waals surface area contributed by atoms with Crippen LogP contribution in [0.4, 0.5) is 5.69 Å². The first kappa shape index (κ1) is 22.8. The van der Waals surface area contributed by atoms with Gasteiger partial charge in [0.2, 0.25) is 0 Å². The first-order valence-corrected chi connectivity index (χ1v) is 10.9. The fraction of sp³-hybridized carbons (Fsp3) is 0.385. The van der Waals surface area contributed by atoms with Crippen molar-refractivity contribution in [2.24, 2.45) is 0 Å². The third kappa shape index (κ3) is 5.05. The molecule has 0 spiro atoms. The molecule has 31 heavy (non-hydrogen) atoms. The number of hydrogen-bond acceptors (Lipinski definition) is 4. The van der Waals surface area contributed by atoms with Crippen LogP contribution in [0, 0.1) is 13.8 Å². The van der Waals surface area contributed by atoms with Crippen LogP contribution in [0.2, 0.25) is 0 Å². The largest absolute Gasteiger partial charge is 0.377 e. The molecule has 0 fully saturated rings. The number of nitrogens with zero attached hydrogens (tertiary/aromatic N) is 1. The van der Waals surface area contributed by atoms with Gasteiger partial charge in [0.15, 0.2) is 0 Å². The molecule has 0 unspecified atom stereocenters. The number of amides is 2. The molecule has 2 aromatic carbocycles. The minimum atomic E-state index is -0.319. The Labute approximate surface area is 185 Å². The van der Waals surface area contributed by atoms with Crippen LogP contribution in [0.25, 0.3) is 5.57 Å². The normalized spacial score (nSPS) is 14.4. The van der Waals surface area contributed by atoms with Crippen molar-refractivity contribution in [2.45, 2.75) is 53.6 Å². The number of rotatable bonds is 8. The number of carbonyl (C=O) groups excluding carboxylic acids is 2. The zero-order chi connectivity index (χ0) is 22.7. The summed E-state index contributed by atoms with van der Waals surface area (Å²) in [6.45, 7) is 12.7. The number of benzene rings is 2. The van der Waals surface area contributed by atoms with Gasteiger partial charge in [0.25, 0.3) is 11.8 Å². The number of anilines is 1. The maximum atomic E-state index is 13.3. The fourth-order valence-corrected chi connectivity index (χ4v) is 3.71. The molecule has 1 N–H and O–H groups in total. The number of hydrogen-bond donors (Lipinski definition) is 1. The molecule has 0 saturated heterocycles. The molecule has 1 aliphatic heterocycles. The number of imide groups is 1. The van der Waals surface area contributed by atoms with Crippen molar-refractivity contribution in [3.05, 3.63) is 70.4 Å². The predicted molar refractivity (Wildman–Crippen MR) is 125 cm³/mol. The molecule has 1 heterocycles. The summed E-state index contributed by atoms with van der Waals surface area (Å²) in [5.74, 6) is -0.184. The topological polar surface area (TPSA) is 58.6 Å². The highest BCUT2D eigenvalue weighted by atomic mass is 16.5. The van der Waals surface area contributed by atoms with Crippen molar-refractivity contribution in [1.82, 2.24) is 4.90 Å². The van der Waals surface area contributed by atoms with Gasteiger partial charge in [-0.25, -0.2) is 0 Å². The maximum absolute atomic E-state index is 13.3. The Kier molecular flexibility index (Phi) is 6.96. The molecule has 5 heteroatoms. The minimum Gasteiger partial charge on any atom is -0.377 e. The predicted octanol–water partition coefficient (Wildman–Crippen LogP) is 5.04. The Morgan fingerprint density at radius 2 is 1.61 bits per heavy atom. The Hall–Kier alpha value is -2.92. The molecule has 164 valence electrons. The van der Waals surface area contributed by atoms with Crippen LogP contribution < -0.4 is 5.32 Å². The summed E-state index contributed by atoms with van der Waals surface area (Å²) in [6.07, 6.45) is 0.0386. The van der Waals surface area contributed by atoms with E-state index >= 15 is 0 Å². The third-order valence-electron chi connectivity index (χ3n) is 5.43. The number of nitrogens with one attached hydrogen (secondary N) is 1. The number of carbonyl (C=O) groups is 2. The van der Waals surface area contributed by atoms with E-state index in [1.54, 1.807) is 0 Å². The molecule has 1 aliphatic rings. The summed E-state index contributed by atoms with van der Waals surface area (Å²) >= 11 is 0. The highest BCUT2D eigenvalue weighted by Gasteiger charge is 2.39. The van der Waals surface area contributed by atoms with Crippen molar-refractivity contribution >= 4 is 23.1 Å². The van der Waals surface area contributed by atoms with Gasteiger partial charge in [-0.15, -0.1) is 0 Å². The first-order chi connectivity index (χ1) is 14.7. The van der Waals surface area contributed by atoms with Gasteiger partial charge >= 0.3 is 0 Å². The van der Waals surface area contributed by atoms with Crippen molar-refractivity contribution in [2.75, 3.05) is 18.5 Å². The molecule has 2 amide bonds. The zero-order valence-corrected chi connectivity index (χ0v) is 19.3. The third-order valence-corrected chi connectivity index (χ3v) is 5.43. The lowest BCUT2D eigenvalue weighted by atomic mass is 9.97. The van der Waals surface area contributed by atoms with Gasteiger partial charge in [-0.2, -0.15) is 0 Å². The first-order valence-electron chi connectivity index (χ1n) is 10.9. The van der Waals surface area contributed by atoms with Gasteiger partial charge in [0, 0.05) is 5.69 Å². The Bertz CT molecular complexity index is 1000. The van der Waals surface area contributed by atoms with Gasteiger partial charge in [0.05, 0.1) is 24.8 Å². The Morgan fingerprint density at radius 3 is 2.19 bits per heavy atom. The van der Waals surface area contributed by atoms with E-state index in [1.807, 2.05) is 70.2 Å². The lowest BCUT2D eigenvalue weighted by Gasteiger charge is -2.16. The maximum Gasteiger partial charge on any atom is 0.278 e. The van der Waals surface area contributed by atoms with Crippen LogP contribution in [-0.2, 0) is 14.3 Å². The fourth-order valence-electron chi connectivity index (χ4n) is 3.71. The molecule has 0 aliphatic carbocycles. The van der Waals surface area contributed by atoms with E-state index in [-0.39, 0.29) is 24.5 Å². The minimum absolute atomic E-state index is 0.0386. The van der Waals surface area contributed by atoms with Crippen LogP contribution in [0.3, 0.4) is 0 Å². The summed E-state index contributed by atoms with van der Waals surface area (Å²) in [4.78, 5) is 27.9. The Morgan fingerprint density at radius 1 is 0.935 bits per heavy atom. The molecule has 0 saturated carbocycles. The second-order valence-corrected chi connectivity index (χ2v) is 8.65. The number of ether oxygens (including phenoxy) is 1. The molecule has 2 aromatic rings. The average Bonchev–Trinajstić information content (AvgIpc) is 2.93. The molecule has 0 atom stereocenters. The van der Waals surface area contributed by atoms with Crippen LogP contribution in [-0.4, -0.2) is 36.0 Å². The van der Waals surface area contributed by atoms with E-state index in [9.17, 15) is 9.59 Å². The lowest BCUT2D eigenvalue weighted by Crippen LogP contribution is -2.35. The average molecular weight is 421 g/mol. The zero-order valence-electron chi connectivity index (χ0n) is 19.3. The standard InChI is InChI=1S/C26H32N2O3/c1-16(2)20-8-10-21(11-9-20)27-24-23(22-12-7-18(5)15-19(22)6)25(29)28(26(24)30)13-14-31-17(3)4/h7-12,15-17,27H,13-14H2,1-6H3. The van der Waals surface area contributed by atoms with E-state index in [1.165, 1.54) is 10.5 Å². The summed E-state index contributed by atoms with van der Waals surface area (Å²) < 4.78 is 5.58. The molecule has 0 aromatic heterocycles. The van der Waals surface area contributed by atoms with E-state index in [4.69, 9.17) is 4.74 Å². The second-order valence-electron chi connectivity index (χ2n) is 8.65. The number of aryl methyl sites for hydroxylation is 2. The summed E-state index contributed by atoms with van der Waals surface area (Å²) in [6, 6.07) is 13.9. The molecule has 0 bridgehead atoms. The molecule has 0 radical (unpaired) electrons. The van der Waals surface area contributed by atoms with Gasteiger partial charge in [0.1, 0.15) is 5.70 Å². The van der Waals surface area contributed by atoms with Crippen LogP contribution in [0.1, 0.15) is 55.9 Å². The van der Waals surface area contributed by atoms with Gasteiger partial charge in [-0.1, -0.05) is 49.7 Å². The molecule has 5 nitrogen and oxygen atoms in total. The van der Waals surface area contributed by atoms with E-state index < -0.39 is 0 Å². The van der Waals surface area contributed by atoms with E-state index in [0.717, 1.165) is 22.4 Å². The van der Waals surface area contributed by atoms with Gasteiger partial charge in [-0.05, 0) is 62.4 Å². The lowest BCUT2D eigenvalue weighted by molar-refractivity contribution is -0.137. The summed E-state index contributed by atoms with van der Waals surface area (Å²) in [5.41, 5.74) is 5.58. The van der Waals surface area contributed by atoms with Gasteiger partial charge < -0.3 is 10.1 Å². The highest BCUT2D eigenvalue weighted by molar-refractivity contribution is 6.36. The smallest absolute Gasteiger partial charge is 0.278 e. The quantitative estimate of drug-likeness (QED) is 0.608. The summed E-state index contributed by atoms with van der Waals surface area (Å²) in [5, 5.41) is 3.23. The second kappa shape index (κ2) is 9.48. The van der Waals surface area contributed by atoms with Crippen LogP contribution in [0.5, 0.6) is 0 Å². The molecule has 3 rings (SSSR count). The van der Waals surface area contributed by atoms with Crippen LogP contribution in [0.15, 0.2) is 48.2 Å². The Balaban J connectivity index is 1.98. The van der Waals surface area contributed by atoms with Crippen molar-refractivity contribution in [1.29, 1.82) is 0 Å². The van der Waals surface area contributed by atoms with Crippen molar-refractivity contribution in [3.8, 4) is 0 Å². The van der Waals surface area contributed by atoms with Gasteiger partial charge in [-0.3, -0.25) is 14.5 Å². The van der Waals surface area contributed by atoms with Crippen LogP contribution >= 0.6 is 0 Å². The highest BCUT2D eigenvalue weighted by Crippen LogP contribution is 2.32. The van der Waals surface area contributed by atoms with Crippen molar-refractivity contribution in [3.63, 3.8) is 0 Å². The van der Waals surface area contributed by atoms with E-state index in [0.29, 0.717) is 23.8 Å². The SMILES string of the molecule is Cc1ccc(C2=C(Nc3ccc(C(C)C)cc3)C(=O)N(CCOC(C)C)C2=O)c(C)c1. The summed E-state index contributed by atoms with van der Waals surface area (Å²) in [7, 11) is 0. The van der Waals surface area contributed by atoms with Crippen molar-refractivity contribution < 1.29 is 14.3 Å². The molecular weight excluding hydrogens is 388 g/mol.